The highest BCUT2D eigenvalue weighted by atomic mass is 16.5. The fourth-order valence-electron chi connectivity index (χ4n) is 2.05. The van der Waals surface area contributed by atoms with Gasteiger partial charge in [0.05, 0.1) is 18.2 Å². The lowest BCUT2D eigenvalue weighted by molar-refractivity contribution is 0.317. The van der Waals surface area contributed by atoms with E-state index in [1.807, 2.05) is 31.3 Å². The SMILES string of the molecule is CCCOc1ccc(Nc2ncnc3c2cnn3C)cc1. The van der Waals surface area contributed by atoms with Gasteiger partial charge in [-0.15, -0.1) is 0 Å². The van der Waals surface area contributed by atoms with Gasteiger partial charge in [-0.3, -0.25) is 4.68 Å². The molecule has 0 radical (unpaired) electrons. The summed E-state index contributed by atoms with van der Waals surface area (Å²) in [5, 5.41) is 8.38. The molecule has 0 amide bonds. The van der Waals surface area contributed by atoms with Crippen LogP contribution < -0.4 is 10.1 Å². The second-order valence-corrected chi connectivity index (χ2v) is 4.73. The third-order valence-electron chi connectivity index (χ3n) is 3.12. The molecule has 2 aromatic heterocycles. The first-order valence-corrected chi connectivity index (χ1v) is 6.90. The number of aryl methyl sites for hydroxylation is 1. The Balaban J connectivity index is 1.82. The number of aromatic nitrogens is 4. The molecule has 0 unspecified atom stereocenters. The minimum absolute atomic E-state index is 0.731. The first-order chi connectivity index (χ1) is 10.3. The van der Waals surface area contributed by atoms with E-state index in [9.17, 15) is 0 Å². The quantitative estimate of drug-likeness (QED) is 0.780. The molecule has 0 spiro atoms. The van der Waals surface area contributed by atoms with Crippen LogP contribution in [-0.4, -0.2) is 26.4 Å². The van der Waals surface area contributed by atoms with Crippen LogP contribution in [0.25, 0.3) is 11.0 Å². The second-order valence-electron chi connectivity index (χ2n) is 4.73. The van der Waals surface area contributed by atoms with Crippen LogP contribution >= 0.6 is 0 Å². The monoisotopic (exact) mass is 283 g/mol. The molecule has 0 aliphatic carbocycles. The molecule has 2 heterocycles. The van der Waals surface area contributed by atoms with Crippen LogP contribution in [0.5, 0.6) is 5.75 Å². The van der Waals surface area contributed by atoms with Crippen LogP contribution in [-0.2, 0) is 7.05 Å². The number of fused-ring (bicyclic) bond motifs is 1. The van der Waals surface area contributed by atoms with Crippen LogP contribution in [0.15, 0.2) is 36.8 Å². The summed E-state index contributed by atoms with van der Waals surface area (Å²) in [6, 6.07) is 7.82. The number of nitrogens with one attached hydrogen (secondary N) is 1. The maximum Gasteiger partial charge on any atom is 0.163 e. The van der Waals surface area contributed by atoms with Gasteiger partial charge < -0.3 is 10.1 Å². The van der Waals surface area contributed by atoms with E-state index in [0.29, 0.717) is 0 Å². The summed E-state index contributed by atoms with van der Waals surface area (Å²) < 4.78 is 7.29. The number of anilines is 2. The maximum absolute atomic E-state index is 5.57. The Morgan fingerprint density at radius 3 is 2.76 bits per heavy atom. The highest BCUT2D eigenvalue weighted by Crippen LogP contribution is 2.23. The van der Waals surface area contributed by atoms with Crippen molar-refractivity contribution in [1.29, 1.82) is 0 Å². The Hall–Kier alpha value is -2.63. The topological polar surface area (TPSA) is 64.9 Å². The first kappa shape index (κ1) is 13.4. The van der Waals surface area contributed by atoms with Gasteiger partial charge in [0.15, 0.2) is 5.65 Å². The standard InChI is InChI=1S/C15H17N5O/c1-3-8-21-12-6-4-11(5-7-12)19-14-13-9-18-20(2)15(13)17-10-16-14/h4-7,9-10H,3,8H2,1-2H3,(H,16,17,19). The average Bonchev–Trinajstić information content (AvgIpc) is 2.89. The van der Waals surface area contributed by atoms with E-state index in [4.69, 9.17) is 4.74 Å². The maximum atomic E-state index is 5.57. The molecule has 108 valence electrons. The van der Waals surface area contributed by atoms with Crippen molar-refractivity contribution in [3.8, 4) is 5.75 Å². The van der Waals surface area contributed by atoms with Crippen molar-refractivity contribution >= 4 is 22.5 Å². The van der Waals surface area contributed by atoms with E-state index in [1.165, 1.54) is 6.33 Å². The summed E-state index contributed by atoms with van der Waals surface area (Å²) >= 11 is 0. The number of hydrogen-bond donors (Lipinski definition) is 1. The zero-order valence-corrected chi connectivity index (χ0v) is 12.1. The normalized spacial score (nSPS) is 10.8. The van der Waals surface area contributed by atoms with E-state index in [2.05, 4.69) is 27.3 Å². The molecule has 0 bridgehead atoms. The predicted octanol–water partition coefficient (Wildman–Crippen LogP) is 2.90. The molecule has 0 aliphatic rings. The minimum Gasteiger partial charge on any atom is -0.494 e. The highest BCUT2D eigenvalue weighted by molar-refractivity contribution is 5.88. The molecule has 0 saturated carbocycles. The lowest BCUT2D eigenvalue weighted by atomic mass is 10.3. The molecule has 3 aromatic rings. The molecule has 0 fully saturated rings. The lowest BCUT2D eigenvalue weighted by Gasteiger charge is -2.08. The molecule has 3 rings (SSSR count). The van der Waals surface area contributed by atoms with Gasteiger partial charge in [0.2, 0.25) is 0 Å². The summed E-state index contributed by atoms with van der Waals surface area (Å²) in [5.41, 5.74) is 1.75. The zero-order valence-electron chi connectivity index (χ0n) is 12.1. The van der Waals surface area contributed by atoms with Gasteiger partial charge in [0, 0.05) is 12.7 Å². The van der Waals surface area contributed by atoms with Gasteiger partial charge in [-0.2, -0.15) is 5.10 Å². The van der Waals surface area contributed by atoms with Crippen molar-refractivity contribution < 1.29 is 4.74 Å². The highest BCUT2D eigenvalue weighted by Gasteiger charge is 2.07. The van der Waals surface area contributed by atoms with Crippen molar-refractivity contribution in [1.82, 2.24) is 19.7 Å². The Labute approximate surface area is 122 Å². The Morgan fingerprint density at radius 1 is 1.19 bits per heavy atom. The first-order valence-electron chi connectivity index (χ1n) is 6.90. The molecule has 6 heteroatoms. The van der Waals surface area contributed by atoms with Crippen LogP contribution in [0.2, 0.25) is 0 Å². The van der Waals surface area contributed by atoms with Gasteiger partial charge in [-0.25, -0.2) is 9.97 Å². The summed E-state index contributed by atoms with van der Waals surface area (Å²) in [5.74, 6) is 1.62. The third kappa shape index (κ3) is 2.79. The van der Waals surface area contributed by atoms with Crippen molar-refractivity contribution in [2.75, 3.05) is 11.9 Å². The Kier molecular flexibility index (Phi) is 3.68. The number of benzene rings is 1. The summed E-state index contributed by atoms with van der Waals surface area (Å²) in [7, 11) is 1.86. The Morgan fingerprint density at radius 2 is 2.00 bits per heavy atom. The molecule has 0 saturated heterocycles. The van der Waals surface area contributed by atoms with E-state index in [-0.39, 0.29) is 0 Å². The molecular weight excluding hydrogens is 266 g/mol. The van der Waals surface area contributed by atoms with Gasteiger partial charge in [-0.05, 0) is 30.7 Å². The molecule has 0 atom stereocenters. The fraction of sp³-hybridized carbons (Fsp3) is 0.267. The van der Waals surface area contributed by atoms with Gasteiger partial charge in [-0.1, -0.05) is 6.92 Å². The number of rotatable bonds is 5. The van der Waals surface area contributed by atoms with Crippen LogP contribution in [0.3, 0.4) is 0 Å². The molecule has 21 heavy (non-hydrogen) atoms. The van der Waals surface area contributed by atoms with E-state index in [0.717, 1.165) is 41.3 Å². The summed E-state index contributed by atoms with van der Waals surface area (Å²) in [6.45, 7) is 2.82. The van der Waals surface area contributed by atoms with E-state index in [1.54, 1.807) is 10.9 Å². The molecule has 0 aliphatic heterocycles. The molecular formula is C15H17N5O. The van der Waals surface area contributed by atoms with Crippen molar-refractivity contribution in [3.63, 3.8) is 0 Å². The number of hydrogen-bond acceptors (Lipinski definition) is 5. The Bertz CT molecular complexity index is 735. The van der Waals surface area contributed by atoms with Crippen molar-refractivity contribution in [2.24, 2.45) is 7.05 Å². The molecule has 1 N–H and O–H groups in total. The second kappa shape index (κ2) is 5.78. The lowest BCUT2D eigenvalue weighted by Crippen LogP contribution is -1.98. The average molecular weight is 283 g/mol. The zero-order chi connectivity index (χ0) is 14.7. The van der Waals surface area contributed by atoms with Gasteiger partial charge in [0.25, 0.3) is 0 Å². The number of ether oxygens (including phenoxy) is 1. The van der Waals surface area contributed by atoms with Crippen LogP contribution in [0.4, 0.5) is 11.5 Å². The van der Waals surface area contributed by atoms with Gasteiger partial charge >= 0.3 is 0 Å². The van der Waals surface area contributed by atoms with Crippen molar-refractivity contribution in [3.05, 3.63) is 36.8 Å². The van der Waals surface area contributed by atoms with Crippen molar-refractivity contribution in [2.45, 2.75) is 13.3 Å². The summed E-state index contributed by atoms with van der Waals surface area (Å²) in [4.78, 5) is 8.50. The van der Waals surface area contributed by atoms with Crippen LogP contribution in [0, 0.1) is 0 Å². The van der Waals surface area contributed by atoms with Crippen LogP contribution in [0.1, 0.15) is 13.3 Å². The number of nitrogens with zero attached hydrogens (tertiary/aromatic N) is 4. The summed E-state index contributed by atoms with van der Waals surface area (Å²) in [6.07, 6.45) is 4.29. The molecule has 6 nitrogen and oxygen atoms in total. The largest absolute Gasteiger partial charge is 0.494 e. The predicted molar refractivity (Wildman–Crippen MR) is 81.8 cm³/mol. The van der Waals surface area contributed by atoms with E-state index >= 15 is 0 Å². The minimum atomic E-state index is 0.731. The third-order valence-corrected chi connectivity index (χ3v) is 3.12. The van der Waals surface area contributed by atoms with Gasteiger partial charge in [0.1, 0.15) is 17.9 Å². The fourth-order valence-corrected chi connectivity index (χ4v) is 2.05. The smallest absolute Gasteiger partial charge is 0.163 e. The van der Waals surface area contributed by atoms with E-state index < -0.39 is 0 Å². The molecule has 1 aromatic carbocycles.